The van der Waals surface area contributed by atoms with Crippen LogP contribution in [0.4, 0.5) is 0 Å². The van der Waals surface area contributed by atoms with Crippen molar-refractivity contribution in [3.63, 3.8) is 0 Å². The summed E-state index contributed by atoms with van der Waals surface area (Å²) in [5, 5.41) is 8.80. The number of hydrogen-bond donors (Lipinski definition) is 2. The van der Waals surface area contributed by atoms with Crippen molar-refractivity contribution in [1.82, 2.24) is 9.88 Å². The fourth-order valence-electron chi connectivity index (χ4n) is 1.42. The predicted molar refractivity (Wildman–Crippen MR) is 59.5 cm³/mol. The maximum atomic E-state index is 11.9. The van der Waals surface area contributed by atoms with E-state index in [2.05, 4.69) is 4.98 Å². The van der Waals surface area contributed by atoms with Crippen LogP contribution in [0.2, 0.25) is 0 Å². The van der Waals surface area contributed by atoms with Crippen molar-refractivity contribution in [1.29, 1.82) is 0 Å². The van der Waals surface area contributed by atoms with Gasteiger partial charge in [0, 0.05) is 20.0 Å². The van der Waals surface area contributed by atoms with Crippen molar-refractivity contribution >= 4 is 11.7 Å². The molecule has 0 aliphatic rings. The van der Waals surface area contributed by atoms with Crippen LogP contribution >= 0.6 is 0 Å². The largest absolute Gasteiger partial charge is 0.395 e. The number of aliphatic hydroxyl groups excluding tert-OH is 1. The van der Waals surface area contributed by atoms with E-state index >= 15 is 0 Å². The van der Waals surface area contributed by atoms with E-state index in [1.165, 1.54) is 11.8 Å². The summed E-state index contributed by atoms with van der Waals surface area (Å²) >= 11 is 0. The Kier molecular flexibility index (Phi) is 4.25. The number of likely N-dealkylation sites (N-methyl/N-ethyl adjacent to an activating group) is 1. The molecule has 0 atom stereocenters. The van der Waals surface area contributed by atoms with Crippen LogP contribution in [-0.4, -0.2) is 46.4 Å². The lowest BCUT2D eigenvalue weighted by molar-refractivity contribution is 0.0727. The van der Waals surface area contributed by atoms with Crippen LogP contribution in [0, 0.1) is 0 Å². The molecule has 2 N–H and O–H groups in total. The SMILES string of the molecule is CCN(CCO)C(=O)c1ccc(C(C)=O)[nH]1. The second kappa shape index (κ2) is 5.46. The van der Waals surface area contributed by atoms with Crippen LogP contribution in [0.15, 0.2) is 12.1 Å². The number of Topliss-reactive ketones (excluding diaryl/α,β-unsaturated/α-hetero) is 1. The number of nitrogens with one attached hydrogen (secondary N) is 1. The maximum absolute atomic E-state index is 11.9. The van der Waals surface area contributed by atoms with Gasteiger partial charge in [-0.3, -0.25) is 9.59 Å². The molecular weight excluding hydrogens is 208 g/mol. The first kappa shape index (κ1) is 12.4. The Hall–Kier alpha value is -1.62. The predicted octanol–water partition coefficient (Wildman–Crippen LogP) is 0.672. The molecule has 0 aliphatic carbocycles. The summed E-state index contributed by atoms with van der Waals surface area (Å²) in [5.74, 6) is -0.312. The van der Waals surface area contributed by atoms with E-state index in [-0.39, 0.29) is 18.3 Å². The normalized spacial score (nSPS) is 10.2. The number of ketones is 1. The number of amides is 1. The van der Waals surface area contributed by atoms with Crippen molar-refractivity contribution in [2.75, 3.05) is 19.7 Å². The van der Waals surface area contributed by atoms with Gasteiger partial charge in [0.05, 0.1) is 12.3 Å². The fraction of sp³-hybridized carbons (Fsp3) is 0.455. The van der Waals surface area contributed by atoms with Gasteiger partial charge in [0.2, 0.25) is 0 Å². The smallest absolute Gasteiger partial charge is 0.270 e. The summed E-state index contributed by atoms with van der Waals surface area (Å²) in [6.45, 7) is 4.02. The highest BCUT2D eigenvalue weighted by Crippen LogP contribution is 2.06. The molecule has 1 aromatic rings. The average molecular weight is 224 g/mol. The molecule has 16 heavy (non-hydrogen) atoms. The molecule has 1 heterocycles. The number of hydrogen-bond acceptors (Lipinski definition) is 3. The molecule has 0 aromatic carbocycles. The zero-order valence-electron chi connectivity index (χ0n) is 9.49. The number of H-pyrrole nitrogens is 1. The van der Waals surface area contributed by atoms with Crippen LogP contribution < -0.4 is 0 Å². The molecule has 0 aliphatic heterocycles. The molecule has 0 spiro atoms. The summed E-state index contributed by atoms with van der Waals surface area (Å²) in [7, 11) is 0. The summed E-state index contributed by atoms with van der Waals surface area (Å²) < 4.78 is 0. The van der Waals surface area contributed by atoms with Crippen LogP contribution in [0.1, 0.15) is 34.8 Å². The molecule has 1 amide bonds. The fourth-order valence-corrected chi connectivity index (χ4v) is 1.42. The van der Waals surface area contributed by atoms with Gasteiger partial charge >= 0.3 is 0 Å². The molecule has 5 heteroatoms. The van der Waals surface area contributed by atoms with Gasteiger partial charge < -0.3 is 15.0 Å². The number of aromatic nitrogens is 1. The standard InChI is InChI=1S/C11H16N2O3/c1-3-13(6-7-14)11(16)10-5-4-9(12-10)8(2)15/h4-5,12,14H,3,6-7H2,1-2H3. The molecule has 0 saturated heterocycles. The van der Waals surface area contributed by atoms with E-state index in [0.717, 1.165) is 0 Å². The van der Waals surface area contributed by atoms with Gasteiger partial charge in [-0.25, -0.2) is 0 Å². The number of aliphatic hydroxyl groups is 1. The monoisotopic (exact) mass is 224 g/mol. The van der Waals surface area contributed by atoms with Gasteiger partial charge in [-0.15, -0.1) is 0 Å². The minimum atomic E-state index is -0.205. The van der Waals surface area contributed by atoms with Crippen molar-refractivity contribution < 1.29 is 14.7 Å². The number of aromatic amines is 1. The maximum Gasteiger partial charge on any atom is 0.270 e. The highest BCUT2D eigenvalue weighted by Gasteiger charge is 2.15. The second-order valence-electron chi connectivity index (χ2n) is 3.45. The zero-order valence-corrected chi connectivity index (χ0v) is 9.49. The molecule has 5 nitrogen and oxygen atoms in total. The first-order chi connectivity index (χ1) is 7.60. The summed E-state index contributed by atoms with van der Waals surface area (Å²) in [6, 6.07) is 3.17. The van der Waals surface area contributed by atoms with E-state index < -0.39 is 0 Å². The third-order valence-corrected chi connectivity index (χ3v) is 2.33. The van der Waals surface area contributed by atoms with Crippen molar-refractivity contribution in [2.24, 2.45) is 0 Å². The number of carbonyl (C=O) groups is 2. The number of nitrogens with zero attached hydrogens (tertiary/aromatic N) is 1. The van der Waals surface area contributed by atoms with E-state index in [4.69, 9.17) is 5.11 Å². The van der Waals surface area contributed by atoms with E-state index in [1.54, 1.807) is 12.1 Å². The van der Waals surface area contributed by atoms with Crippen molar-refractivity contribution in [3.05, 3.63) is 23.5 Å². The lowest BCUT2D eigenvalue weighted by atomic mass is 10.3. The molecule has 1 rings (SSSR count). The minimum absolute atomic E-state index is 0.0696. The Morgan fingerprint density at radius 1 is 1.38 bits per heavy atom. The summed E-state index contributed by atoms with van der Waals surface area (Å²) in [6.07, 6.45) is 0. The Morgan fingerprint density at radius 3 is 2.44 bits per heavy atom. The van der Waals surface area contributed by atoms with Crippen LogP contribution in [-0.2, 0) is 0 Å². The Labute approximate surface area is 94.1 Å². The van der Waals surface area contributed by atoms with Crippen LogP contribution in [0.25, 0.3) is 0 Å². The molecule has 1 aromatic heterocycles. The molecule has 0 saturated carbocycles. The van der Waals surface area contributed by atoms with Crippen LogP contribution in [0.5, 0.6) is 0 Å². The lowest BCUT2D eigenvalue weighted by Crippen LogP contribution is -2.33. The van der Waals surface area contributed by atoms with E-state index in [1.807, 2.05) is 6.92 Å². The Morgan fingerprint density at radius 2 is 2.00 bits per heavy atom. The topological polar surface area (TPSA) is 73.4 Å². The quantitative estimate of drug-likeness (QED) is 0.722. The summed E-state index contributed by atoms with van der Waals surface area (Å²) in [4.78, 5) is 27.2. The van der Waals surface area contributed by atoms with Gasteiger partial charge in [0.15, 0.2) is 5.78 Å². The first-order valence-electron chi connectivity index (χ1n) is 5.20. The molecule has 0 fully saturated rings. The molecule has 0 radical (unpaired) electrons. The molecule has 0 unspecified atom stereocenters. The Balaban J connectivity index is 2.82. The molecule has 0 bridgehead atoms. The Bertz CT molecular complexity index is 384. The van der Waals surface area contributed by atoms with Crippen molar-refractivity contribution in [3.8, 4) is 0 Å². The van der Waals surface area contributed by atoms with Gasteiger partial charge in [0.1, 0.15) is 5.69 Å². The van der Waals surface area contributed by atoms with Gasteiger partial charge in [-0.05, 0) is 19.1 Å². The molecule has 88 valence electrons. The zero-order chi connectivity index (χ0) is 12.1. The van der Waals surface area contributed by atoms with E-state index in [0.29, 0.717) is 24.5 Å². The summed E-state index contributed by atoms with van der Waals surface area (Å²) in [5.41, 5.74) is 0.795. The lowest BCUT2D eigenvalue weighted by Gasteiger charge is -2.18. The number of rotatable bonds is 5. The first-order valence-corrected chi connectivity index (χ1v) is 5.20. The third kappa shape index (κ3) is 2.70. The number of carbonyl (C=O) groups excluding carboxylic acids is 2. The highest BCUT2D eigenvalue weighted by molar-refractivity contribution is 5.97. The van der Waals surface area contributed by atoms with Gasteiger partial charge in [0.25, 0.3) is 5.91 Å². The highest BCUT2D eigenvalue weighted by atomic mass is 16.3. The average Bonchev–Trinajstić information content (AvgIpc) is 2.74. The van der Waals surface area contributed by atoms with E-state index in [9.17, 15) is 9.59 Å². The van der Waals surface area contributed by atoms with Gasteiger partial charge in [-0.2, -0.15) is 0 Å². The van der Waals surface area contributed by atoms with Crippen molar-refractivity contribution in [2.45, 2.75) is 13.8 Å². The second-order valence-corrected chi connectivity index (χ2v) is 3.45. The van der Waals surface area contributed by atoms with Crippen LogP contribution in [0.3, 0.4) is 0 Å². The molecular formula is C11H16N2O3. The third-order valence-electron chi connectivity index (χ3n) is 2.33. The minimum Gasteiger partial charge on any atom is -0.395 e. The van der Waals surface area contributed by atoms with Gasteiger partial charge in [-0.1, -0.05) is 0 Å².